The van der Waals surface area contributed by atoms with E-state index in [1.807, 2.05) is 30.3 Å². The minimum absolute atomic E-state index is 0.0263. The number of nitrogens with zero attached hydrogens (tertiary/aromatic N) is 4. The number of hydrogen-bond acceptors (Lipinski definition) is 7. The van der Waals surface area contributed by atoms with Crippen molar-refractivity contribution in [3.63, 3.8) is 0 Å². The van der Waals surface area contributed by atoms with Crippen molar-refractivity contribution in [2.75, 3.05) is 44.2 Å². The molecule has 10 heteroatoms. The van der Waals surface area contributed by atoms with Gasteiger partial charge in [0.05, 0.1) is 6.33 Å². The number of rotatable bonds is 5. The summed E-state index contributed by atoms with van der Waals surface area (Å²) in [6, 6.07) is 16.2. The summed E-state index contributed by atoms with van der Waals surface area (Å²) in [6.45, 7) is 5.18. The summed E-state index contributed by atoms with van der Waals surface area (Å²) in [6.07, 6.45) is 7.35. The summed E-state index contributed by atoms with van der Waals surface area (Å²) in [5, 5.41) is 4.94. The fourth-order valence-corrected chi connectivity index (χ4v) is 6.28. The van der Waals surface area contributed by atoms with E-state index >= 15 is 0 Å². The van der Waals surface area contributed by atoms with Crippen molar-refractivity contribution in [3.8, 4) is 0 Å². The molecule has 2 aliphatic rings. The maximum Gasteiger partial charge on any atom is 0.182 e. The molecular formula is C29H36Cl2N8. The molecule has 6 N–H and O–H groups in total. The Bertz CT molecular complexity index is 1380. The molecule has 6 rings (SSSR count). The van der Waals surface area contributed by atoms with E-state index in [0.29, 0.717) is 18.7 Å². The van der Waals surface area contributed by atoms with Crippen molar-refractivity contribution < 1.29 is 0 Å². The van der Waals surface area contributed by atoms with Crippen LogP contribution in [-0.2, 0) is 10.8 Å². The second kappa shape index (κ2) is 12.2. The van der Waals surface area contributed by atoms with Gasteiger partial charge in [0.15, 0.2) is 11.5 Å². The number of fused-ring (bicyclic) bond motifs is 1. The number of H-pyrrole nitrogens is 1. The van der Waals surface area contributed by atoms with E-state index in [9.17, 15) is 0 Å². The molecule has 2 aliphatic heterocycles. The van der Waals surface area contributed by atoms with E-state index < -0.39 is 0 Å². The van der Waals surface area contributed by atoms with Gasteiger partial charge in [-0.15, -0.1) is 0 Å². The summed E-state index contributed by atoms with van der Waals surface area (Å²) in [7, 11) is 0. The van der Waals surface area contributed by atoms with Crippen LogP contribution < -0.4 is 21.7 Å². The minimum Gasteiger partial charge on any atom is -0.355 e. The Labute approximate surface area is 239 Å². The van der Waals surface area contributed by atoms with E-state index in [1.54, 1.807) is 12.7 Å². The van der Waals surface area contributed by atoms with Crippen molar-refractivity contribution in [1.29, 1.82) is 0 Å². The van der Waals surface area contributed by atoms with E-state index in [1.165, 1.54) is 11.1 Å². The lowest BCUT2D eigenvalue weighted by Gasteiger charge is -2.42. The van der Waals surface area contributed by atoms with Gasteiger partial charge in [0.25, 0.3) is 0 Å². The van der Waals surface area contributed by atoms with Crippen molar-refractivity contribution >= 4 is 40.2 Å². The molecule has 2 aromatic heterocycles. The maximum absolute atomic E-state index is 6.18. The number of benzene rings is 2. The van der Waals surface area contributed by atoms with Gasteiger partial charge in [-0.25, -0.2) is 15.0 Å². The minimum atomic E-state index is -0.0263. The molecule has 0 bridgehead atoms. The summed E-state index contributed by atoms with van der Waals surface area (Å²) >= 11 is 12.2. The first-order chi connectivity index (χ1) is 19.0. The zero-order chi connectivity index (χ0) is 27.3. The van der Waals surface area contributed by atoms with E-state index in [4.69, 9.17) is 34.7 Å². The molecular weight excluding hydrogens is 531 g/mol. The number of aromatic nitrogens is 4. The van der Waals surface area contributed by atoms with E-state index in [2.05, 4.69) is 48.4 Å². The lowest BCUT2D eigenvalue weighted by Crippen LogP contribution is -2.47. The van der Waals surface area contributed by atoms with Gasteiger partial charge in [0, 0.05) is 47.1 Å². The molecule has 0 saturated carbocycles. The second-order valence-corrected chi connectivity index (χ2v) is 11.4. The molecule has 0 atom stereocenters. The van der Waals surface area contributed by atoms with Crippen LogP contribution >= 0.6 is 23.2 Å². The van der Waals surface area contributed by atoms with E-state index in [-0.39, 0.29) is 10.8 Å². The van der Waals surface area contributed by atoms with Gasteiger partial charge in [-0.1, -0.05) is 47.5 Å². The Morgan fingerprint density at radius 3 is 1.95 bits per heavy atom. The number of imidazole rings is 1. The predicted molar refractivity (Wildman–Crippen MR) is 160 cm³/mol. The van der Waals surface area contributed by atoms with Crippen molar-refractivity contribution in [3.05, 3.63) is 82.4 Å². The zero-order valence-corrected chi connectivity index (χ0v) is 23.6. The van der Waals surface area contributed by atoms with Gasteiger partial charge in [-0.2, -0.15) is 0 Å². The molecule has 2 aromatic carbocycles. The summed E-state index contributed by atoms with van der Waals surface area (Å²) in [5.41, 5.74) is 16.3. The van der Waals surface area contributed by atoms with Crippen LogP contribution in [0.4, 0.5) is 5.82 Å². The topological polar surface area (TPSA) is 122 Å². The number of nitrogens with one attached hydrogen (secondary N) is 2. The highest BCUT2D eigenvalue weighted by Gasteiger charge is 2.36. The molecule has 0 amide bonds. The maximum atomic E-state index is 6.18. The Morgan fingerprint density at radius 2 is 1.38 bits per heavy atom. The number of halogens is 2. The average Bonchev–Trinajstić information content (AvgIpc) is 3.47. The fourth-order valence-electron chi connectivity index (χ4n) is 5.90. The Hall–Kier alpha value is -2.75. The predicted octanol–water partition coefficient (Wildman–Crippen LogP) is 4.42. The fraction of sp³-hybridized carbons (Fsp3) is 0.414. The normalized spacial score (nSPS) is 18.4. The lowest BCUT2D eigenvalue weighted by molar-refractivity contribution is 0.315. The van der Waals surface area contributed by atoms with Crippen LogP contribution in [0.15, 0.2) is 61.2 Å². The van der Waals surface area contributed by atoms with E-state index in [0.717, 1.165) is 73.2 Å². The molecule has 8 nitrogen and oxygen atoms in total. The van der Waals surface area contributed by atoms with Gasteiger partial charge < -0.3 is 26.7 Å². The van der Waals surface area contributed by atoms with Gasteiger partial charge in [0.2, 0.25) is 0 Å². The number of aromatic amines is 1. The third-order valence-corrected chi connectivity index (χ3v) is 8.91. The number of nitrogens with two attached hydrogens (primary N) is 2. The lowest BCUT2D eigenvalue weighted by atomic mass is 9.73. The molecule has 0 radical (unpaired) electrons. The van der Waals surface area contributed by atoms with Crippen molar-refractivity contribution in [2.45, 2.75) is 36.5 Å². The monoisotopic (exact) mass is 566 g/mol. The average molecular weight is 568 g/mol. The van der Waals surface area contributed by atoms with Gasteiger partial charge in [-0.3, -0.25) is 0 Å². The highest BCUT2D eigenvalue weighted by molar-refractivity contribution is 6.30. The summed E-state index contributed by atoms with van der Waals surface area (Å²) < 4.78 is 0. The molecule has 4 heterocycles. The number of hydrogen-bond donors (Lipinski definition) is 4. The largest absolute Gasteiger partial charge is 0.355 e. The SMILES string of the molecule is NCC1(c2cccc(Cl)c2)CCN(c2ncnc3nc[nH]c23)CC1.NCC1(c2cccc(Cl)c2)CCNCC1. The Balaban J connectivity index is 0.000000177. The zero-order valence-electron chi connectivity index (χ0n) is 22.0. The van der Waals surface area contributed by atoms with Crippen molar-refractivity contribution in [1.82, 2.24) is 25.3 Å². The standard InChI is InChI=1S/C17H19ClN6.C12H17ClN2/c18-13-3-1-2-12(8-13)17(9-19)4-6-24(7-5-17)16-14-15(21-10-20-14)22-11-23-16;13-11-3-1-2-10(8-11)12(9-14)4-6-15-7-5-12/h1-3,8,10-11H,4-7,9,19H2,(H,20,21,22,23);1-3,8,15H,4-7,9,14H2. The quantitative estimate of drug-likeness (QED) is 0.282. The second-order valence-electron chi connectivity index (χ2n) is 10.5. The highest BCUT2D eigenvalue weighted by atomic mass is 35.5. The molecule has 39 heavy (non-hydrogen) atoms. The van der Waals surface area contributed by atoms with Crippen molar-refractivity contribution in [2.24, 2.45) is 11.5 Å². The van der Waals surface area contributed by atoms with Crippen LogP contribution in [0.1, 0.15) is 36.8 Å². The molecule has 0 spiro atoms. The van der Waals surface area contributed by atoms with Crippen LogP contribution in [0.5, 0.6) is 0 Å². The van der Waals surface area contributed by atoms with Crippen LogP contribution in [0.3, 0.4) is 0 Å². The van der Waals surface area contributed by atoms with Gasteiger partial charge in [-0.05, 0) is 74.2 Å². The first kappa shape index (κ1) is 27.8. The Morgan fingerprint density at radius 1 is 0.795 bits per heavy atom. The summed E-state index contributed by atoms with van der Waals surface area (Å²) in [4.78, 5) is 18.3. The van der Waals surface area contributed by atoms with Crippen LogP contribution in [0.25, 0.3) is 11.2 Å². The van der Waals surface area contributed by atoms with Crippen LogP contribution in [0.2, 0.25) is 10.0 Å². The van der Waals surface area contributed by atoms with Crippen LogP contribution in [-0.4, -0.2) is 59.2 Å². The third kappa shape index (κ3) is 5.90. The smallest absolute Gasteiger partial charge is 0.182 e. The number of anilines is 1. The molecule has 0 aliphatic carbocycles. The first-order valence-corrected chi connectivity index (χ1v) is 14.3. The first-order valence-electron chi connectivity index (χ1n) is 13.5. The highest BCUT2D eigenvalue weighted by Crippen LogP contribution is 2.37. The Kier molecular flexibility index (Phi) is 8.69. The number of piperidine rings is 2. The molecule has 2 saturated heterocycles. The molecule has 2 fully saturated rings. The molecule has 0 unspecified atom stereocenters. The van der Waals surface area contributed by atoms with Gasteiger partial charge >= 0.3 is 0 Å². The van der Waals surface area contributed by atoms with Crippen LogP contribution in [0, 0.1) is 0 Å². The molecule has 4 aromatic rings. The van der Waals surface area contributed by atoms with Gasteiger partial charge in [0.1, 0.15) is 11.8 Å². The molecule has 206 valence electrons. The third-order valence-electron chi connectivity index (χ3n) is 8.44. The summed E-state index contributed by atoms with van der Waals surface area (Å²) in [5.74, 6) is 0.911.